The molecular weight excluding hydrogens is 226 g/mol. The second-order valence-corrected chi connectivity index (χ2v) is 3.70. The molecule has 0 bridgehead atoms. The Kier molecular flexibility index (Phi) is 4.04. The molecule has 1 N–H and O–H groups in total. The Balaban J connectivity index is 2.46. The van der Waals surface area contributed by atoms with Crippen LogP contribution in [0.15, 0.2) is 53.9 Å². The van der Waals surface area contributed by atoms with Crippen molar-refractivity contribution >= 4 is 6.21 Å². The van der Waals surface area contributed by atoms with Crippen LogP contribution >= 0.6 is 0 Å². The third kappa shape index (κ3) is 2.55. The molecule has 0 unspecified atom stereocenters. The fourth-order valence-corrected chi connectivity index (χ4v) is 1.67. The van der Waals surface area contributed by atoms with Gasteiger partial charge in [-0.1, -0.05) is 12.1 Å². The van der Waals surface area contributed by atoms with E-state index in [2.05, 4.69) is 10.1 Å². The average molecular weight is 241 g/mol. The average Bonchev–Trinajstić information content (AvgIpc) is 2.83. The summed E-state index contributed by atoms with van der Waals surface area (Å²) in [5.74, 6) is 0. The molecule has 0 atom stereocenters. The SMILES string of the molecule is C/C=C\C=N/n1ccc(CO)c1-c1ccccn1. The van der Waals surface area contributed by atoms with Crippen LogP contribution in [0.1, 0.15) is 12.5 Å². The van der Waals surface area contributed by atoms with Crippen LogP contribution in [-0.2, 0) is 6.61 Å². The quantitative estimate of drug-likeness (QED) is 0.836. The van der Waals surface area contributed by atoms with Gasteiger partial charge in [0.25, 0.3) is 0 Å². The Morgan fingerprint density at radius 2 is 2.28 bits per heavy atom. The zero-order valence-electron chi connectivity index (χ0n) is 10.2. The molecule has 2 rings (SSSR count). The molecule has 0 aliphatic heterocycles. The van der Waals surface area contributed by atoms with E-state index in [4.69, 9.17) is 0 Å². The number of nitrogens with zero attached hydrogens (tertiary/aromatic N) is 3. The maximum absolute atomic E-state index is 9.36. The lowest BCUT2D eigenvalue weighted by molar-refractivity contribution is 0.282. The lowest BCUT2D eigenvalue weighted by Crippen LogP contribution is -1.96. The number of hydrogen-bond acceptors (Lipinski definition) is 3. The van der Waals surface area contributed by atoms with Gasteiger partial charge in [0.1, 0.15) is 0 Å². The number of aliphatic hydroxyl groups is 1. The van der Waals surface area contributed by atoms with Crippen molar-refractivity contribution < 1.29 is 5.11 Å². The lowest BCUT2D eigenvalue weighted by atomic mass is 10.2. The van der Waals surface area contributed by atoms with Crippen LogP contribution in [0.2, 0.25) is 0 Å². The van der Waals surface area contributed by atoms with Crippen LogP contribution in [0, 0.1) is 0 Å². The van der Waals surface area contributed by atoms with Gasteiger partial charge >= 0.3 is 0 Å². The first-order valence-electron chi connectivity index (χ1n) is 5.75. The van der Waals surface area contributed by atoms with Crippen LogP contribution in [0.4, 0.5) is 0 Å². The summed E-state index contributed by atoms with van der Waals surface area (Å²) in [6.07, 6.45) is 8.99. The largest absolute Gasteiger partial charge is 0.392 e. The van der Waals surface area contributed by atoms with Gasteiger partial charge in [0.05, 0.1) is 18.0 Å². The van der Waals surface area contributed by atoms with Gasteiger partial charge < -0.3 is 5.11 Å². The summed E-state index contributed by atoms with van der Waals surface area (Å²) in [6.45, 7) is 1.90. The highest BCUT2D eigenvalue weighted by atomic mass is 16.3. The summed E-state index contributed by atoms with van der Waals surface area (Å²) in [4.78, 5) is 4.29. The minimum atomic E-state index is -0.0297. The molecule has 0 saturated carbocycles. The monoisotopic (exact) mass is 241 g/mol. The number of aliphatic hydroxyl groups excluding tert-OH is 1. The smallest absolute Gasteiger partial charge is 0.0957 e. The Labute approximate surface area is 106 Å². The van der Waals surface area contributed by atoms with Crippen molar-refractivity contribution in [2.45, 2.75) is 13.5 Å². The highest BCUT2D eigenvalue weighted by Crippen LogP contribution is 2.23. The second kappa shape index (κ2) is 5.93. The molecule has 2 aromatic rings. The van der Waals surface area contributed by atoms with Gasteiger partial charge in [0, 0.05) is 24.2 Å². The fourth-order valence-electron chi connectivity index (χ4n) is 1.67. The van der Waals surface area contributed by atoms with Crippen LogP contribution in [0.3, 0.4) is 0 Å². The van der Waals surface area contributed by atoms with Crippen molar-refractivity contribution in [3.05, 3.63) is 54.4 Å². The third-order valence-electron chi connectivity index (χ3n) is 2.50. The molecule has 0 aromatic carbocycles. The zero-order chi connectivity index (χ0) is 12.8. The van der Waals surface area contributed by atoms with E-state index in [1.807, 2.05) is 49.5 Å². The Morgan fingerprint density at radius 1 is 1.39 bits per heavy atom. The molecule has 0 spiro atoms. The summed E-state index contributed by atoms with van der Waals surface area (Å²) in [6, 6.07) is 7.52. The van der Waals surface area contributed by atoms with Crippen LogP contribution in [0.25, 0.3) is 11.4 Å². The second-order valence-electron chi connectivity index (χ2n) is 3.70. The molecular formula is C14H15N3O. The predicted octanol–water partition coefficient (Wildman–Crippen LogP) is 2.45. The first-order valence-corrected chi connectivity index (χ1v) is 5.75. The predicted molar refractivity (Wildman–Crippen MR) is 72.3 cm³/mol. The molecule has 92 valence electrons. The summed E-state index contributed by atoms with van der Waals surface area (Å²) in [5, 5.41) is 13.7. The first kappa shape index (κ1) is 12.3. The Morgan fingerprint density at radius 3 is 2.94 bits per heavy atom. The first-order chi connectivity index (χ1) is 8.86. The van der Waals surface area contributed by atoms with Crippen LogP contribution in [0.5, 0.6) is 0 Å². The molecule has 0 fully saturated rings. The van der Waals surface area contributed by atoms with E-state index >= 15 is 0 Å². The molecule has 2 heterocycles. The number of rotatable bonds is 4. The van der Waals surface area contributed by atoms with Crippen molar-refractivity contribution in [2.24, 2.45) is 5.10 Å². The highest BCUT2D eigenvalue weighted by Gasteiger charge is 2.10. The third-order valence-corrected chi connectivity index (χ3v) is 2.50. The van der Waals surface area contributed by atoms with Gasteiger partial charge in [0.15, 0.2) is 0 Å². The van der Waals surface area contributed by atoms with E-state index < -0.39 is 0 Å². The van der Waals surface area contributed by atoms with Crippen molar-refractivity contribution in [3.63, 3.8) is 0 Å². The zero-order valence-corrected chi connectivity index (χ0v) is 10.2. The standard InChI is InChI=1S/C14H15N3O/c1-2-3-9-16-17-10-7-12(11-18)14(17)13-6-4-5-8-15-13/h2-10,18H,11H2,1H3/b3-2-,16-9-. The van der Waals surface area contributed by atoms with Gasteiger partial charge in [-0.25, -0.2) is 4.68 Å². The highest BCUT2D eigenvalue weighted by molar-refractivity contribution is 5.71. The summed E-state index contributed by atoms with van der Waals surface area (Å²) >= 11 is 0. The molecule has 0 saturated heterocycles. The van der Waals surface area contributed by atoms with E-state index in [0.29, 0.717) is 0 Å². The topological polar surface area (TPSA) is 50.4 Å². The van der Waals surface area contributed by atoms with E-state index in [1.165, 1.54) is 0 Å². The van der Waals surface area contributed by atoms with Gasteiger partial charge in [-0.05, 0) is 31.2 Å². The van der Waals surface area contributed by atoms with Gasteiger partial charge in [-0.2, -0.15) is 5.10 Å². The van der Waals surface area contributed by atoms with Crippen molar-refractivity contribution in [3.8, 4) is 11.4 Å². The molecule has 4 heteroatoms. The molecule has 0 amide bonds. The van der Waals surface area contributed by atoms with Gasteiger partial charge in [-0.15, -0.1) is 0 Å². The number of hydrogen-bond donors (Lipinski definition) is 1. The van der Waals surface area contributed by atoms with Crippen LogP contribution in [-0.4, -0.2) is 21.0 Å². The summed E-state index contributed by atoms with van der Waals surface area (Å²) in [7, 11) is 0. The molecule has 0 aliphatic carbocycles. The molecule has 0 radical (unpaired) electrons. The Hall–Kier alpha value is -2.20. The fraction of sp³-hybridized carbons (Fsp3) is 0.143. The van der Waals surface area contributed by atoms with E-state index in [-0.39, 0.29) is 6.61 Å². The van der Waals surface area contributed by atoms with E-state index in [0.717, 1.165) is 17.0 Å². The minimum absolute atomic E-state index is 0.0297. The number of pyridine rings is 1. The van der Waals surface area contributed by atoms with Crippen LogP contribution < -0.4 is 0 Å². The number of aromatic nitrogens is 2. The van der Waals surface area contributed by atoms with E-state index in [9.17, 15) is 5.11 Å². The minimum Gasteiger partial charge on any atom is -0.392 e. The Bertz CT molecular complexity index is 556. The molecule has 2 aromatic heterocycles. The number of allylic oxidation sites excluding steroid dienone is 2. The van der Waals surface area contributed by atoms with Crippen molar-refractivity contribution in [1.82, 2.24) is 9.66 Å². The van der Waals surface area contributed by atoms with Gasteiger partial charge in [0.2, 0.25) is 0 Å². The maximum Gasteiger partial charge on any atom is 0.0957 e. The van der Waals surface area contributed by atoms with Crippen molar-refractivity contribution in [1.29, 1.82) is 0 Å². The maximum atomic E-state index is 9.36. The molecule has 4 nitrogen and oxygen atoms in total. The normalized spacial score (nSPS) is 11.7. The van der Waals surface area contributed by atoms with E-state index in [1.54, 1.807) is 17.1 Å². The van der Waals surface area contributed by atoms with Gasteiger partial charge in [-0.3, -0.25) is 4.98 Å². The summed E-state index contributed by atoms with van der Waals surface area (Å²) < 4.78 is 1.72. The van der Waals surface area contributed by atoms with Crippen molar-refractivity contribution in [2.75, 3.05) is 0 Å². The lowest BCUT2D eigenvalue weighted by Gasteiger charge is -2.05. The summed E-state index contributed by atoms with van der Waals surface area (Å²) in [5.41, 5.74) is 2.43. The molecule has 18 heavy (non-hydrogen) atoms. The molecule has 0 aliphatic rings.